The molecule has 0 fully saturated rings. The van der Waals surface area contributed by atoms with Crippen LogP contribution in [0.1, 0.15) is 33.1 Å². The topological polar surface area (TPSA) is 17.1 Å². The standard InChI is InChI=1S/C10H14O/c1-3-4-5-9-8(2)6-7-10(9)11/h3-4H,5-7H2,1-2H3/b4-3+. The van der Waals surface area contributed by atoms with Crippen LogP contribution in [0.3, 0.4) is 0 Å². The highest BCUT2D eigenvalue weighted by molar-refractivity contribution is 5.98. The van der Waals surface area contributed by atoms with Crippen molar-refractivity contribution < 1.29 is 4.79 Å². The van der Waals surface area contributed by atoms with Crippen LogP contribution >= 0.6 is 0 Å². The molecule has 0 unspecified atom stereocenters. The molecule has 1 nitrogen and oxygen atoms in total. The largest absolute Gasteiger partial charge is 0.295 e. The highest BCUT2D eigenvalue weighted by Crippen LogP contribution is 2.24. The zero-order chi connectivity index (χ0) is 8.27. The fourth-order valence-electron chi connectivity index (χ4n) is 1.36. The molecule has 0 aromatic rings. The van der Waals surface area contributed by atoms with Gasteiger partial charge in [0.25, 0.3) is 0 Å². The lowest BCUT2D eigenvalue weighted by molar-refractivity contribution is -0.114. The van der Waals surface area contributed by atoms with Crippen LogP contribution in [0.4, 0.5) is 0 Å². The van der Waals surface area contributed by atoms with Crippen LogP contribution in [0.25, 0.3) is 0 Å². The van der Waals surface area contributed by atoms with Crippen LogP contribution in [0.15, 0.2) is 23.3 Å². The number of carbonyl (C=O) groups excluding carboxylic acids is 1. The number of carbonyl (C=O) groups is 1. The third-order valence-corrected chi connectivity index (χ3v) is 2.14. The minimum absolute atomic E-state index is 0.348. The van der Waals surface area contributed by atoms with E-state index in [1.54, 1.807) is 0 Å². The van der Waals surface area contributed by atoms with Gasteiger partial charge in [-0.3, -0.25) is 4.79 Å². The lowest BCUT2D eigenvalue weighted by Gasteiger charge is -1.95. The molecule has 1 aliphatic rings. The van der Waals surface area contributed by atoms with E-state index in [0.717, 1.165) is 24.8 Å². The molecular weight excluding hydrogens is 136 g/mol. The molecule has 0 saturated heterocycles. The van der Waals surface area contributed by atoms with Crippen LogP contribution in [0.5, 0.6) is 0 Å². The minimum Gasteiger partial charge on any atom is -0.295 e. The Morgan fingerprint density at radius 1 is 1.45 bits per heavy atom. The van der Waals surface area contributed by atoms with Crippen molar-refractivity contribution in [3.05, 3.63) is 23.3 Å². The van der Waals surface area contributed by atoms with E-state index in [-0.39, 0.29) is 0 Å². The number of ketones is 1. The normalized spacial score (nSPS) is 18.9. The second-order valence-corrected chi connectivity index (χ2v) is 2.96. The zero-order valence-electron chi connectivity index (χ0n) is 7.18. The van der Waals surface area contributed by atoms with Gasteiger partial charge < -0.3 is 0 Å². The molecule has 0 aliphatic heterocycles. The van der Waals surface area contributed by atoms with Crippen LogP contribution in [-0.4, -0.2) is 5.78 Å². The molecule has 0 amide bonds. The maximum Gasteiger partial charge on any atom is 0.159 e. The maximum atomic E-state index is 11.2. The van der Waals surface area contributed by atoms with Crippen molar-refractivity contribution >= 4 is 5.78 Å². The van der Waals surface area contributed by atoms with Crippen molar-refractivity contribution in [2.45, 2.75) is 33.1 Å². The van der Waals surface area contributed by atoms with Gasteiger partial charge in [-0.2, -0.15) is 0 Å². The van der Waals surface area contributed by atoms with Crippen LogP contribution in [0.2, 0.25) is 0 Å². The van der Waals surface area contributed by atoms with E-state index in [1.165, 1.54) is 5.57 Å². The lowest BCUT2D eigenvalue weighted by atomic mass is 10.1. The maximum absolute atomic E-state index is 11.2. The minimum atomic E-state index is 0.348. The summed E-state index contributed by atoms with van der Waals surface area (Å²) in [4.78, 5) is 11.2. The molecule has 0 atom stereocenters. The van der Waals surface area contributed by atoms with E-state index in [4.69, 9.17) is 0 Å². The fourth-order valence-corrected chi connectivity index (χ4v) is 1.36. The summed E-state index contributed by atoms with van der Waals surface area (Å²) in [5, 5.41) is 0. The average Bonchev–Trinajstić information content (AvgIpc) is 2.29. The predicted molar refractivity (Wildman–Crippen MR) is 46.4 cm³/mol. The van der Waals surface area contributed by atoms with Gasteiger partial charge in [0.05, 0.1) is 0 Å². The average molecular weight is 150 g/mol. The first kappa shape index (κ1) is 8.25. The summed E-state index contributed by atoms with van der Waals surface area (Å²) < 4.78 is 0. The summed E-state index contributed by atoms with van der Waals surface area (Å²) >= 11 is 0. The molecule has 0 saturated carbocycles. The summed E-state index contributed by atoms with van der Waals surface area (Å²) in [5.41, 5.74) is 2.33. The smallest absolute Gasteiger partial charge is 0.159 e. The summed E-state index contributed by atoms with van der Waals surface area (Å²) in [6.45, 7) is 4.04. The van der Waals surface area contributed by atoms with Crippen molar-refractivity contribution in [2.24, 2.45) is 0 Å². The Kier molecular flexibility index (Phi) is 2.64. The van der Waals surface area contributed by atoms with Crippen molar-refractivity contribution in [3.8, 4) is 0 Å². The molecule has 1 aliphatic carbocycles. The highest BCUT2D eigenvalue weighted by Gasteiger charge is 2.17. The summed E-state index contributed by atoms with van der Waals surface area (Å²) in [6, 6.07) is 0. The van der Waals surface area contributed by atoms with Gasteiger partial charge in [0.1, 0.15) is 0 Å². The summed E-state index contributed by atoms with van der Waals surface area (Å²) in [7, 11) is 0. The van der Waals surface area contributed by atoms with Gasteiger partial charge in [-0.15, -0.1) is 0 Å². The zero-order valence-corrected chi connectivity index (χ0v) is 7.18. The summed E-state index contributed by atoms with van der Waals surface area (Å²) in [6.07, 6.45) is 6.58. The quantitative estimate of drug-likeness (QED) is 0.553. The molecular formula is C10H14O. The first-order valence-electron chi connectivity index (χ1n) is 4.08. The molecule has 1 rings (SSSR count). The Morgan fingerprint density at radius 3 is 2.64 bits per heavy atom. The van der Waals surface area contributed by atoms with E-state index in [0.29, 0.717) is 5.78 Å². The number of hydrogen-bond acceptors (Lipinski definition) is 1. The third kappa shape index (κ3) is 1.79. The molecule has 1 heteroatoms. The second kappa shape index (κ2) is 3.51. The van der Waals surface area contributed by atoms with Crippen molar-refractivity contribution in [1.29, 1.82) is 0 Å². The van der Waals surface area contributed by atoms with Crippen LogP contribution < -0.4 is 0 Å². The Morgan fingerprint density at radius 2 is 2.18 bits per heavy atom. The summed E-state index contributed by atoms with van der Waals surface area (Å²) in [5.74, 6) is 0.348. The Balaban J connectivity index is 2.67. The molecule has 0 heterocycles. The van der Waals surface area contributed by atoms with E-state index in [9.17, 15) is 4.79 Å². The van der Waals surface area contributed by atoms with Crippen molar-refractivity contribution in [3.63, 3.8) is 0 Å². The van der Waals surface area contributed by atoms with Gasteiger partial charge in [0.2, 0.25) is 0 Å². The van der Waals surface area contributed by atoms with Gasteiger partial charge in [-0.05, 0) is 32.3 Å². The monoisotopic (exact) mass is 150 g/mol. The third-order valence-electron chi connectivity index (χ3n) is 2.14. The molecule has 0 aromatic heterocycles. The number of allylic oxidation sites excluding steroid dienone is 4. The Labute approximate surface area is 67.8 Å². The van der Waals surface area contributed by atoms with Gasteiger partial charge in [0, 0.05) is 6.42 Å². The number of Topliss-reactive ketones (excluding diaryl/α,β-unsaturated/α-hetero) is 1. The van der Waals surface area contributed by atoms with Crippen LogP contribution in [0, 0.1) is 0 Å². The molecule has 11 heavy (non-hydrogen) atoms. The Hall–Kier alpha value is -0.850. The van der Waals surface area contributed by atoms with Crippen molar-refractivity contribution in [1.82, 2.24) is 0 Å². The first-order valence-corrected chi connectivity index (χ1v) is 4.08. The molecule has 0 bridgehead atoms. The molecule has 0 N–H and O–H groups in total. The van der Waals surface area contributed by atoms with E-state index >= 15 is 0 Å². The highest BCUT2D eigenvalue weighted by atomic mass is 16.1. The predicted octanol–water partition coefficient (Wildman–Crippen LogP) is 2.63. The van der Waals surface area contributed by atoms with E-state index < -0.39 is 0 Å². The Bertz CT molecular complexity index is 221. The van der Waals surface area contributed by atoms with E-state index in [1.807, 2.05) is 19.1 Å². The fraction of sp³-hybridized carbons (Fsp3) is 0.500. The molecule has 60 valence electrons. The SMILES string of the molecule is C/C=C/CC1=C(C)CCC1=O. The second-order valence-electron chi connectivity index (χ2n) is 2.96. The first-order chi connectivity index (χ1) is 5.25. The van der Waals surface area contributed by atoms with Gasteiger partial charge in [0.15, 0.2) is 5.78 Å². The van der Waals surface area contributed by atoms with Gasteiger partial charge >= 0.3 is 0 Å². The van der Waals surface area contributed by atoms with E-state index in [2.05, 4.69) is 6.92 Å². The van der Waals surface area contributed by atoms with Gasteiger partial charge in [-0.25, -0.2) is 0 Å². The molecule has 0 aromatic carbocycles. The van der Waals surface area contributed by atoms with Crippen molar-refractivity contribution in [2.75, 3.05) is 0 Å². The molecule has 0 spiro atoms. The van der Waals surface area contributed by atoms with Gasteiger partial charge in [-0.1, -0.05) is 17.7 Å². The van der Waals surface area contributed by atoms with Crippen LogP contribution in [-0.2, 0) is 4.79 Å². The number of hydrogen-bond donors (Lipinski definition) is 0. The lowest BCUT2D eigenvalue weighted by Crippen LogP contribution is -1.94. The number of rotatable bonds is 2. The molecule has 0 radical (unpaired) electrons.